The molecule has 2 aromatic rings. The molecule has 0 bridgehead atoms. The van der Waals surface area contributed by atoms with Crippen molar-refractivity contribution in [3.63, 3.8) is 0 Å². The van der Waals surface area contributed by atoms with Gasteiger partial charge in [0.2, 0.25) is 5.82 Å². The summed E-state index contributed by atoms with van der Waals surface area (Å²) in [6, 6.07) is 2.84. The number of aliphatic hydroxyl groups is 1. The molecule has 0 aromatic carbocycles. The van der Waals surface area contributed by atoms with Crippen LogP contribution in [-0.4, -0.2) is 31.3 Å². The van der Waals surface area contributed by atoms with Crippen LogP contribution >= 0.6 is 0 Å². The molecule has 2 N–H and O–H groups in total. The second kappa shape index (κ2) is 5.25. The summed E-state index contributed by atoms with van der Waals surface area (Å²) >= 11 is 0. The average Bonchev–Trinajstić information content (AvgIpc) is 2.84. The van der Waals surface area contributed by atoms with Crippen molar-refractivity contribution in [3.8, 4) is 0 Å². The highest BCUT2D eigenvalue weighted by atomic mass is 16.6. The molecule has 0 aliphatic heterocycles. The van der Waals surface area contributed by atoms with Crippen LogP contribution in [0.1, 0.15) is 12.5 Å². The first-order valence-electron chi connectivity index (χ1n) is 5.95. The van der Waals surface area contributed by atoms with Gasteiger partial charge < -0.3 is 10.4 Å². The fourth-order valence-electron chi connectivity index (χ4n) is 1.74. The van der Waals surface area contributed by atoms with E-state index in [1.807, 2.05) is 0 Å². The summed E-state index contributed by atoms with van der Waals surface area (Å²) < 4.78 is 1.58. The van der Waals surface area contributed by atoms with Gasteiger partial charge in [0.25, 0.3) is 0 Å². The Morgan fingerprint density at radius 1 is 1.60 bits per heavy atom. The molecule has 8 nitrogen and oxygen atoms in total. The van der Waals surface area contributed by atoms with Gasteiger partial charge in [0, 0.05) is 37.6 Å². The number of aryl methyl sites for hydroxylation is 1. The van der Waals surface area contributed by atoms with Crippen LogP contribution in [0.15, 0.2) is 30.7 Å². The van der Waals surface area contributed by atoms with Gasteiger partial charge in [0.1, 0.15) is 5.60 Å². The first-order valence-corrected chi connectivity index (χ1v) is 5.95. The molecule has 0 amide bonds. The van der Waals surface area contributed by atoms with Crippen LogP contribution in [0.5, 0.6) is 0 Å². The summed E-state index contributed by atoms with van der Waals surface area (Å²) in [6.07, 6.45) is 4.69. The van der Waals surface area contributed by atoms with Crippen molar-refractivity contribution in [3.05, 3.63) is 46.4 Å². The fourth-order valence-corrected chi connectivity index (χ4v) is 1.74. The largest absolute Gasteiger partial charge is 0.383 e. The molecular weight excluding hydrogens is 262 g/mol. The first-order chi connectivity index (χ1) is 9.40. The smallest absolute Gasteiger partial charge is 0.311 e. The van der Waals surface area contributed by atoms with Crippen molar-refractivity contribution in [2.75, 3.05) is 11.9 Å². The van der Waals surface area contributed by atoms with Gasteiger partial charge in [0.15, 0.2) is 0 Å². The van der Waals surface area contributed by atoms with Gasteiger partial charge >= 0.3 is 5.69 Å². The third-order valence-electron chi connectivity index (χ3n) is 2.91. The maximum absolute atomic E-state index is 10.9. The van der Waals surface area contributed by atoms with Crippen molar-refractivity contribution < 1.29 is 10.0 Å². The minimum Gasteiger partial charge on any atom is -0.383 e. The molecule has 106 valence electrons. The van der Waals surface area contributed by atoms with Gasteiger partial charge in [-0.15, -0.1) is 0 Å². The van der Waals surface area contributed by atoms with E-state index in [0.29, 0.717) is 5.56 Å². The van der Waals surface area contributed by atoms with Gasteiger partial charge in [-0.05, 0) is 13.0 Å². The van der Waals surface area contributed by atoms with E-state index in [9.17, 15) is 15.2 Å². The molecule has 0 aliphatic rings. The number of hydrogen-bond donors (Lipinski definition) is 2. The molecule has 0 fully saturated rings. The number of anilines is 1. The highest BCUT2D eigenvalue weighted by Crippen LogP contribution is 2.24. The zero-order chi connectivity index (χ0) is 14.8. The Morgan fingerprint density at radius 2 is 2.35 bits per heavy atom. The van der Waals surface area contributed by atoms with Crippen molar-refractivity contribution in [2.45, 2.75) is 12.5 Å². The SMILES string of the molecule is Cn1cc([C@](C)(O)CNc2ncccc2[N+](=O)[O-])cn1. The van der Waals surface area contributed by atoms with E-state index in [4.69, 9.17) is 0 Å². The van der Waals surface area contributed by atoms with Crippen LogP contribution in [0.25, 0.3) is 0 Å². The Morgan fingerprint density at radius 3 is 2.95 bits per heavy atom. The van der Waals surface area contributed by atoms with Crippen molar-refractivity contribution in [1.29, 1.82) is 0 Å². The predicted octanol–water partition coefficient (Wildman–Crippen LogP) is 1.04. The highest BCUT2D eigenvalue weighted by molar-refractivity contribution is 5.55. The number of nitro groups is 1. The third kappa shape index (κ3) is 2.91. The van der Waals surface area contributed by atoms with Crippen LogP contribution in [0.3, 0.4) is 0 Å². The molecule has 0 aliphatic carbocycles. The molecular formula is C12H15N5O3. The molecule has 1 atom stereocenters. The number of aromatic nitrogens is 3. The molecule has 2 rings (SSSR count). The van der Waals surface area contributed by atoms with E-state index in [-0.39, 0.29) is 18.1 Å². The van der Waals surface area contributed by atoms with Crippen molar-refractivity contribution >= 4 is 11.5 Å². The standard InChI is InChI=1S/C12H15N5O3/c1-12(18,9-6-15-16(2)7-9)8-14-11-10(17(19)20)4-3-5-13-11/h3-7,18H,8H2,1-2H3,(H,13,14)/t12-/m1/s1. The summed E-state index contributed by atoms with van der Waals surface area (Å²) in [4.78, 5) is 14.3. The first kappa shape index (κ1) is 13.9. The molecule has 0 radical (unpaired) electrons. The predicted molar refractivity (Wildman–Crippen MR) is 72.2 cm³/mol. The van der Waals surface area contributed by atoms with E-state index in [2.05, 4.69) is 15.4 Å². The van der Waals surface area contributed by atoms with E-state index in [1.54, 1.807) is 31.0 Å². The Kier molecular flexibility index (Phi) is 3.66. The molecule has 2 aromatic heterocycles. The Bertz CT molecular complexity index is 623. The molecule has 8 heteroatoms. The number of nitrogens with one attached hydrogen (secondary N) is 1. The van der Waals surface area contributed by atoms with E-state index >= 15 is 0 Å². The molecule has 0 unspecified atom stereocenters. The quantitative estimate of drug-likeness (QED) is 0.625. The second-order valence-electron chi connectivity index (χ2n) is 4.66. The molecule has 20 heavy (non-hydrogen) atoms. The summed E-state index contributed by atoms with van der Waals surface area (Å²) in [5.74, 6) is 0.127. The van der Waals surface area contributed by atoms with Crippen LogP contribution in [0, 0.1) is 10.1 Å². The number of hydrogen-bond acceptors (Lipinski definition) is 6. The summed E-state index contributed by atoms with van der Waals surface area (Å²) in [5.41, 5.74) is -0.722. The second-order valence-corrected chi connectivity index (χ2v) is 4.66. The third-order valence-corrected chi connectivity index (χ3v) is 2.91. The average molecular weight is 277 g/mol. The Hall–Kier alpha value is -2.48. The monoisotopic (exact) mass is 277 g/mol. The molecule has 0 saturated heterocycles. The summed E-state index contributed by atoms with van der Waals surface area (Å²) in [6.45, 7) is 1.68. The zero-order valence-electron chi connectivity index (χ0n) is 11.1. The lowest BCUT2D eigenvalue weighted by molar-refractivity contribution is -0.384. The van der Waals surface area contributed by atoms with E-state index < -0.39 is 10.5 Å². The zero-order valence-corrected chi connectivity index (χ0v) is 11.1. The highest BCUT2D eigenvalue weighted by Gasteiger charge is 2.26. The minimum atomic E-state index is -1.21. The topological polar surface area (TPSA) is 106 Å². The molecule has 0 saturated carbocycles. The Balaban J connectivity index is 2.14. The number of pyridine rings is 1. The molecule has 2 heterocycles. The maximum Gasteiger partial charge on any atom is 0.311 e. The number of rotatable bonds is 5. The van der Waals surface area contributed by atoms with Crippen LogP contribution in [0.2, 0.25) is 0 Å². The van der Waals surface area contributed by atoms with Crippen LogP contribution in [0.4, 0.5) is 11.5 Å². The van der Waals surface area contributed by atoms with Crippen LogP contribution in [-0.2, 0) is 12.6 Å². The molecule has 0 spiro atoms. The van der Waals surface area contributed by atoms with Crippen molar-refractivity contribution in [2.24, 2.45) is 7.05 Å². The lowest BCUT2D eigenvalue weighted by Gasteiger charge is -2.22. The lowest BCUT2D eigenvalue weighted by atomic mass is 10.00. The van der Waals surface area contributed by atoms with Gasteiger partial charge in [-0.25, -0.2) is 4.98 Å². The Labute approximate surface area is 115 Å². The van der Waals surface area contributed by atoms with Crippen LogP contribution < -0.4 is 5.32 Å². The summed E-state index contributed by atoms with van der Waals surface area (Å²) in [7, 11) is 1.75. The van der Waals surface area contributed by atoms with Gasteiger partial charge in [-0.2, -0.15) is 5.10 Å². The van der Waals surface area contributed by atoms with E-state index in [1.165, 1.54) is 18.3 Å². The van der Waals surface area contributed by atoms with E-state index in [0.717, 1.165) is 0 Å². The minimum absolute atomic E-state index is 0.0799. The normalized spacial score (nSPS) is 13.8. The van der Waals surface area contributed by atoms with Gasteiger partial charge in [0.05, 0.1) is 11.1 Å². The maximum atomic E-state index is 10.9. The number of nitrogens with zero attached hydrogens (tertiary/aromatic N) is 4. The summed E-state index contributed by atoms with van der Waals surface area (Å²) in [5, 5.41) is 28.0. The van der Waals surface area contributed by atoms with Gasteiger partial charge in [-0.3, -0.25) is 14.8 Å². The lowest BCUT2D eigenvalue weighted by Crippen LogP contribution is -2.30. The van der Waals surface area contributed by atoms with Gasteiger partial charge in [-0.1, -0.05) is 0 Å². The van der Waals surface area contributed by atoms with Crippen molar-refractivity contribution in [1.82, 2.24) is 14.8 Å². The fraction of sp³-hybridized carbons (Fsp3) is 0.333.